The highest BCUT2D eigenvalue weighted by Crippen LogP contribution is 2.19. The first-order valence-corrected chi connectivity index (χ1v) is 6.69. The third-order valence-corrected chi connectivity index (χ3v) is 3.90. The molecule has 0 aliphatic carbocycles. The van der Waals surface area contributed by atoms with E-state index in [0.717, 1.165) is 5.56 Å². The highest BCUT2D eigenvalue weighted by molar-refractivity contribution is 7.89. The van der Waals surface area contributed by atoms with Crippen LogP contribution in [0.4, 0.5) is 0 Å². The van der Waals surface area contributed by atoms with Gasteiger partial charge in [0.15, 0.2) is 0 Å². The van der Waals surface area contributed by atoms with E-state index in [1.165, 1.54) is 12.1 Å². The predicted molar refractivity (Wildman–Crippen MR) is 62.1 cm³/mol. The lowest BCUT2D eigenvalue weighted by molar-refractivity contribution is 0.584. The molecule has 0 heterocycles. The lowest BCUT2D eigenvalue weighted by atomic mass is 10.2. The predicted octanol–water partition coefficient (Wildman–Crippen LogP) is 2.17. The van der Waals surface area contributed by atoms with Crippen LogP contribution >= 0.6 is 23.2 Å². The van der Waals surface area contributed by atoms with Gasteiger partial charge in [-0.05, 0) is 30.7 Å². The molecule has 6 heteroatoms. The maximum Gasteiger partial charge on any atom is 0.240 e. The van der Waals surface area contributed by atoms with Gasteiger partial charge in [-0.2, -0.15) is 0 Å². The number of halogens is 2. The van der Waals surface area contributed by atoms with Gasteiger partial charge in [0.2, 0.25) is 10.0 Å². The van der Waals surface area contributed by atoms with Crippen molar-refractivity contribution >= 4 is 33.2 Å². The molecule has 0 saturated heterocycles. The van der Waals surface area contributed by atoms with Crippen molar-refractivity contribution in [3.05, 3.63) is 28.8 Å². The van der Waals surface area contributed by atoms with Crippen LogP contribution in [0.1, 0.15) is 5.56 Å². The Morgan fingerprint density at radius 2 is 2.07 bits per heavy atom. The molecule has 0 unspecified atom stereocenters. The number of aryl methyl sites for hydroxylation is 1. The fourth-order valence-corrected chi connectivity index (χ4v) is 2.48. The monoisotopic (exact) mass is 267 g/mol. The van der Waals surface area contributed by atoms with Crippen LogP contribution in [0.2, 0.25) is 5.02 Å². The van der Waals surface area contributed by atoms with E-state index < -0.39 is 10.0 Å². The molecule has 84 valence electrons. The van der Waals surface area contributed by atoms with Gasteiger partial charge in [0.25, 0.3) is 0 Å². The quantitative estimate of drug-likeness (QED) is 0.850. The second-order valence-electron chi connectivity index (χ2n) is 3.00. The summed E-state index contributed by atoms with van der Waals surface area (Å²) in [7, 11) is -3.45. The first-order valence-electron chi connectivity index (χ1n) is 4.29. The second-order valence-corrected chi connectivity index (χ2v) is 5.55. The van der Waals surface area contributed by atoms with Gasteiger partial charge in [0, 0.05) is 17.4 Å². The minimum atomic E-state index is -3.45. The van der Waals surface area contributed by atoms with E-state index in [0.29, 0.717) is 5.02 Å². The van der Waals surface area contributed by atoms with Crippen molar-refractivity contribution in [2.45, 2.75) is 11.8 Å². The number of benzene rings is 1. The van der Waals surface area contributed by atoms with Crippen LogP contribution in [0, 0.1) is 6.92 Å². The molecular formula is C9H11Cl2NO2S. The topological polar surface area (TPSA) is 46.2 Å². The Balaban J connectivity index is 3.00. The summed E-state index contributed by atoms with van der Waals surface area (Å²) < 4.78 is 25.7. The zero-order valence-corrected chi connectivity index (χ0v) is 10.5. The Morgan fingerprint density at radius 3 is 2.60 bits per heavy atom. The Morgan fingerprint density at radius 1 is 1.40 bits per heavy atom. The van der Waals surface area contributed by atoms with E-state index in [4.69, 9.17) is 23.2 Å². The molecule has 0 bridgehead atoms. The van der Waals surface area contributed by atoms with E-state index in [1.54, 1.807) is 13.0 Å². The molecule has 0 radical (unpaired) electrons. The first-order chi connectivity index (χ1) is 6.97. The van der Waals surface area contributed by atoms with E-state index >= 15 is 0 Å². The average Bonchev–Trinajstić information content (AvgIpc) is 2.19. The number of hydrogen-bond acceptors (Lipinski definition) is 2. The van der Waals surface area contributed by atoms with E-state index in [1.807, 2.05) is 0 Å². The molecular weight excluding hydrogens is 257 g/mol. The normalized spacial score (nSPS) is 11.7. The summed E-state index contributed by atoms with van der Waals surface area (Å²) in [5, 5.41) is 0.547. The molecule has 0 saturated carbocycles. The molecule has 0 atom stereocenters. The highest BCUT2D eigenvalue weighted by Gasteiger charge is 2.13. The fraction of sp³-hybridized carbons (Fsp3) is 0.333. The maximum atomic E-state index is 11.6. The van der Waals surface area contributed by atoms with Crippen molar-refractivity contribution < 1.29 is 8.42 Å². The summed E-state index contributed by atoms with van der Waals surface area (Å²) in [6.07, 6.45) is 0. The molecule has 1 aromatic rings. The van der Waals surface area contributed by atoms with E-state index in [9.17, 15) is 8.42 Å². The lowest BCUT2D eigenvalue weighted by Gasteiger charge is -2.06. The average molecular weight is 268 g/mol. The van der Waals surface area contributed by atoms with Crippen molar-refractivity contribution in [1.82, 2.24) is 4.72 Å². The van der Waals surface area contributed by atoms with Gasteiger partial charge in [0.05, 0.1) is 4.90 Å². The Hall–Kier alpha value is -0.290. The first kappa shape index (κ1) is 12.8. The number of nitrogens with one attached hydrogen (secondary N) is 1. The molecule has 1 aromatic carbocycles. The van der Waals surface area contributed by atoms with Crippen LogP contribution in [0.3, 0.4) is 0 Å². The van der Waals surface area contributed by atoms with Gasteiger partial charge in [-0.25, -0.2) is 13.1 Å². The van der Waals surface area contributed by atoms with Crippen LogP contribution in [0.25, 0.3) is 0 Å². The summed E-state index contributed by atoms with van der Waals surface area (Å²) in [5.74, 6) is 0.242. The van der Waals surface area contributed by atoms with Crippen LogP contribution in [0.15, 0.2) is 23.1 Å². The smallest absolute Gasteiger partial charge is 0.210 e. The minimum absolute atomic E-state index is 0.203. The van der Waals surface area contributed by atoms with Gasteiger partial charge in [0.1, 0.15) is 0 Å². The summed E-state index contributed by atoms with van der Waals surface area (Å²) in [6.45, 7) is 1.97. The number of sulfonamides is 1. The Bertz CT molecular complexity index is 445. The van der Waals surface area contributed by atoms with Crippen molar-refractivity contribution in [2.75, 3.05) is 12.4 Å². The molecule has 3 nitrogen and oxygen atoms in total. The van der Waals surface area contributed by atoms with Crippen molar-refractivity contribution in [3.63, 3.8) is 0 Å². The molecule has 15 heavy (non-hydrogen) atoms. The molecule has 0 aromatic heterocycles. The van der Waals surface area contributed by atoms with E-state index in [2.05, 4.69) is 4.72 Å². The summed E-state index contributed by atoms with van der Waals surface area (Å²) in [4.78, 5) is 0.203. The third-order valence-electron chi connectivity index (χ3n) is 1.83. The largest absolute Gasteiger partial charge is 0.240 e. The van der Waals surface area contributed by atoms with Crippen LogP contribution in [-0.4, -0.2) is 20.8 Å². The molecule has 0 spiro atoms. The lowest BCUT2D eigenvalue weighted by Crippen LogP contribution is -2.25. The minimum Gasteiger partial charge on any atom is -0.210 e. The summed E-state index contributed by atoms with van der Waals surface area (Å²) in [5.41, 5.74) is 0.727. The van der Waals surface area contributed by atoms with Crippen LogP contribution < -0.4 is 4.72 Å². The van der Waals surface area contributed by atoms with Gasteiger partial charge >= 0.3 is 0 Å². The number of rotatable bonds is 4. The summed E-state index contributed by atoms with van der Waals surface area (Å²) >= 11 is 11.2. The zero-order chi connectivity index (χ0) is 11.5. The molecule has 1 N–H and O–H groups in total. The molecule has 0 aliphatic rings. The fourth-order valence-electron chi connectivity index (χ4n) is 1.04. The maximum absolute atomic E-state index is 11.6. The van der Waals surface area contributed by atoms with Crippen LogP contribution in [-0.2, 0) is 10.0 Å². The summed E-state index contributed by atoms with van der Waals surface area (Å²) in [6, 6.07) is 4.55. The van der Waals surface area contributed by atoms with Gasteiger partial charge in [-0.3, -0.25) is 0 Å². The van der Waals surface area contributed by atoms with Crippen molar-refractivity contribution in [3.8, 4) is 0 Å². The second kappa shape index (κ2) is 5.16. The Kier molecular flexibility index (Phi) is 4.40. The number of alkyl halides is 1. The SMILES string of the molecule is Cc1cc(S(=O)(=O)NCCCl)ccc1Cl. The van der Waals surface area contributed by atoms with Gasteiger partial charge in [-0.1, -0.05) is 11.6 Å². The van der Waals surface area contributed by atoms with Crippen molar-refractivity contribution in [2.24, 2.45) is 0 Å². The Labute approximate surface area is 99.4 Å². The highest BCUT2D eigenvalue weighted by atomic mass is 35.5. The molecule has 1 rings (SSSR count). The molecule has 0 fully saturated rings. The number of hydrogen-bond donors (Lipinski definition) is 1. The third kappa shape index (κ3) is 3.34. The van der Waals surface area contributed by atoms with Gasteiger partial charge in [-0.15, -0.1) is 11.6 Å². The van der Waals surface area contributed by atoms with Crippen LogP contribution in [0.5, 0.6) is 0 Å². The van der Waals surface area contributed by atoms with Gasteiger partial charge < -0.3 is 0 Å². The molecule has 0 aliphatic heterocycles. The standard InChI is InChI=1S/C9H11Cl2NO2S/c1-7-6-8(2-3-9(7)11)15(13,14)12-5-4-10/h2-3,6,12H,4-5H2,1H3. The van der Waals surface area contributed by atoms with E-state index in [-0.39, 0.29) is 17.3 Å². The van der Waals surface area contributed by atoms with Crippen molar-refractivity contribution in [1.29, 1.82) is 0 Å². The zero-order valence-electron chi connectivity index (χ0n) is 8.13. The molecule has 0 amide bonds.